The predicted octanol–water partition coefficient (Wildman–Crippen LogP) is 3.23. The Morgan fingerprint density at radius 1 is 1.17 bits per heavy atom. The fourth-order valence-electron chi connectivity index (χ4n) is 2.16. The monoisotopic (exact) mass is 315 g/mol. The maximum Gasteiger partial charge on any atom is 0.161 e. The molecular weight excluding hydrogens is 294 g/mol. The van der Waals surface area contributed by atoms with E-state index in [9.17, 15) is 0 Å². The number of alkyl halides is 1. The van der Waals surface area contributed by atoms with Crippen molar-refractivity contribution in [2.24, 2.45) is 0 Å². The molecule has 0 aliphatic rings. The topological polar surface area (TPSA) is 30.5 Å². The van der Waals surface area contributed by atoms with Gasteiger partial charge in [-0.15, -0.1) is 0 Å². The van der Waals surface area contributed by atoms with Crippen LogP contribution in [-0.2, 0) is 5.41 Å². The van der Waals surface area contributed by atoms with E-state index in [0.717, 1.165) is 23.5 Å². The van der Waals surface area contributed by atoms with Crippen molar-refractivity contribution in [2.75, 3.05) is 26.2 Å². The second-order valence-corrected chi connectivity index (χ2v) is 5.53. The van der Waals surface area contributed by atoms with Crippen molar-refractivity contribution in [3.8, 4) is 11.5 Å². The van der Waals surface area contributed by atoms with Gasteiger partial charge in [0.05, 0.1) is 19.7 Å². The minimum absolute atomic E-state index is 0.0391. The van der Waals surface area contributed by atoms with E-state index in [1.807, 2.05) is 6.07 Å². The highest BCUT2D eigenvalue weighted by Gasteiger charge is 2.24. The molecule has 0 fully saturated rings. The molecule has 0 atom stereocenters. The molecule has 0 saturated carbocycles. The van der Waals surface area contributed by atoms with Gasteiger partial charge in [-0.05, 0) is 30.2 Å². The van der Waals surface area contributed by atoms with E-state index < -0.39 is 0 Å². The average molecular weight is 316 g/mol. The molecule has 102 valence electrons. The third kappa shape index (κ3) is 3.39. The Kier molecular flexibility index (Phi) is 5.47. The van der Waals surface area contributed by atoms with Gasteiger partial charge in [-0.3, -0.25) is 0 Å². The lowest BCUT2D eigenvalue weighted by atomic mass is 9.81. The number of ether oxygens (including phenoxy) is 2. The summed E-state index contributed by atoms with van der Waals surface area (Å²) in [5.74, 6) is 1.56. The summed E-state index contributed by atoms with van der Waals surface area (Å²) in [5.41, 5.74) is 3.32. The second kappa shape index (κ2) is 6.43. The number of nitrogens with one attached hydrogen (secondary N) is 1. The van der Waals surface area contributed by atoms with Crippen LogP contribution in [0.4, 0.5) is 0 Å². The highest BCUT2D eigenvalue weighted by molar-refractivity contribution is 9.09. The molecule has 1 rings (SSSR count). The Morgan fingerprint density at radius 3 is 2.22 bits per heavy atom. The Morgan fingerprint density at radius 2 is 1.72 bits per heavy atom. The van der Waals surface area contributed by atoms with E-state index in [2.05, 4.69) is 48.1 Å². The van der Waals surface area contributed by atoms with Gasteiger partial charge in [-0.2, -0.15) is 0 Å². The van der Waals surface area contributed by atoms with Crippen molar-refractivity contribution >= 4 is 15.9 Å². The van der Waals surface area contributed by atoms with Gasteiger partial charge in [-0.25, -0.2) is 0 Å². The summed E-state index contributed by atoms with van der Waals surface area (Å²) in [7, 11) is 3.33. The molecule has 1 N–H and O–H groups in total. The normalized spacial score (nSPS) is 11.4. The van der Waals surface area contributed by atoms with Gasteiger partial charge < -0.3 is 14.8 Å². The molecule has 4 heteroatoms. The summed E-state index contributed by atoms with van der Waals surface area (Å²) in [6.45, 7) is 7.44. The third-order valence-electron chi connectivity index (χ3n) is 3.12. The summed E-state index contributed by atoms with van der Waals surface area (Å²) in [4.78, 5) is 0. The third-order valence-corrected chi connectivity index (χ3v) is 3.52. The molecule has 0 bridgehead atoms. The van der Waals surface area contributed by atoms with Crippen molar-refractivity contribution in [1.29, 1.82) is 0 Å². The van der Waals surface area contributed by atoms with E-state index in [0.29, 0.717) is 0 Å². The molecule has 18 heavy (non-hydrogen) atoms. The van der Waals surface area contributed by atoms with Crippen LogP contribution in [-0.4, -0.2) is 26.2 Å². The van der Waals surface area contributed by atoms with Gasteiger partial charge in [-0.1, -0.05) is 29.8 Å². The summed E-state index contributed by atoms with van der Waals surface area (Å²) in [6.07, 6.45) is 0. The number of hydrogen-bond donors (Lipinski definition) is 1. The van der Waals surface area contributed by atoms with Crippen LogP contribution >= 0.6 is 15.9 Å². The molecule has 0 heterocycles. The summed E-state index contributed by atoms with van der Waals surface area (Å²) < 4.78 is 10.7. The molecule has 0 aromatic heterocycles. The molecule has 3 nitrogen and oxygen atoms in total. The first kappa shape index (κ1) is 15.3. The van der Waals surface area contributed by atoms with E-state index in [1.54, 1.807) is 14.2 Å². The van der Waals surface area contributed by atoms with Crippen LogP contribution in [0.25, 0.3) is 0 Å². The van der Waals surface area contributed by atoms with E-state index in [1.165, 1.54) is 11.1 Å². The first-order chi connectivity index (χ1) is 8.46. The van der Waals surface area contributed by atoms with Crippen LogP contribution in [0.3, 0.4) is 0 Å². The standard InChI is InChI=1S/C14H22BrNO2/c1-10-6-12(17-4)13(18-5)7-11(10)14(2,3)8-16-9-15/h6-7,16H,8-9H2,1-5H3. The SMILES string of the molecule is COc1cc(C)c(C(C)(C)CNCBr)cc1OC. The van der Waals surface area contributed by atoms with E-state index in [-0.39, 0.29) is 5.41 Å². The Balaban J connectivity index is 3.15. The number of halogens is 1. The second-order valence-electron chi connectivity index (χ2n) is 4.97. The lowest BCUT2D eigenvalue weighted by Crippen LogP contribution is -2.32. The number of rotatable bonds is 6. The smallest absolute Gasteiger partial charge is 0.161 e. The van der Waals surface area contributed by atoms with E-state index >= 15 is 0 Å². The highest BCUT2D eigenvalue weighted by atomic mass is 79.9. The summed E-state index contributed by atoms with van der Waals surface area (Å²) in [6, 6.07) is 4.11. The van der Waals surface area contributed by atoms with Gasteiger partial charge in [0, 0.05) is 12.0 Å². The number of methoxy groups -OCH3 is 2. The van der Waals surface area contributed by atoms with Crippen molar-refractivity contribution in [3.05, 3.63) is 23.3 Å². The lowest BCUT2D eigenvalue weighted by Gasteiger charge is -2.28. The van der Waals surface area contributed by atoms with Crippen LogP contribution in [0.1, 0.15) is 25.0 Å². The molecule has 0 radical (unpaired) electrons. The summed E-state index contributed by atoms with van der Waals surface area (Å²) >= 11 is 3.39. The molecule has 1 aromatic rings. The Labute approximate surface area is 118 Å². The van der Waals surface area contributed by atoms with Crippen molar-refractivity contribution < 1.29 is 9.47 Å². The van der Waals surface area contributed by atoms with Crippen molar-refractivity contribution in [3.63, 3.8) is 0 Å². The highest BCUT2D eigenvalue weighted by Crippen LogP contribution is 2.35. The molecule has 0 aliphatic carbocycles. The quantitative estimate of drug-likeness (QED) is 0.646. The first-order valence-corrected chi connectivity index (χ1v) is 7.08. The molecule has 0 saturated heterocycles. The van der Waals surface area contributed by atoms with Crippen LogP contribution in [0.15, 0.2) is 12.1 Å². The van der Waals surface area contributed by atoms with Crippen LogP contribution in [0.5, 0.6) is 11.5 Å². The van der Waals surface area contributed by atoms with Crippen LogP contribution in [0, 0.1) is 6.92 Å². The number of aryl methyl sites for hydroxylation is 1. The molecule has 0 spiro atoms. The first-order valence-electron chi connectivity index (χ1n) is 5.96. The lowest BCUT2D eigenvalue weighted by molar-refractivity contribution is 0.352. The zero-order chi connectivity index (χ0) is 13.8. The fourth-order valence-corrected chi connectivity index (χ4v) is 2.36. The zero-order valence-corrected chi connectivity index (χ0v) is 13.3. The van der Waals surface area contributed by atoms with Crippen molar-refractivity contribution in [1.82, 2.24) is 5.32 Å². The minimum Gasteiger partial charge on any atom is -0.493 e. The molecule has 0 amide bonds. The zero-order valence-electron chi connectivity index (χ0n) is 11.8. The van der Waals surface area contributed by atoms with Gasteiger partial charge in [0.2, 0.25) is 0 Å². The van der Waals surface area contributed by atoms with Gasteiger partial charge in [0.1, 0.15) is 0 Å². The van der Waals surface area contributed by atoms with E-state index in [4.69, 9.17) is 9.47 Å². The van der Waals surface area contributed by atoms with Crippen LogP contribution < -0.4 is 14.8 Å². The Hall–Kier alpha value is -0.740. The fraction of sp³-hybridized carbons (Fsp3) is 0.571. The van der Waals surface area contributed by atoms with Gasteiger partial charge in [0.15, 0.2) is 11.5 Å². The average Bonchev–Trinajstić information content (AvgIpc) is 2.35. The number of benzene rings is 1. The Bertz CT molecular complexity index is 405. The predicted molar refractivity (Wildman–Crippen MR) is 79.1 cm³/mol. The molecule has 0 aliphatic heterocycles. The van der Waals surface area contributed by atoms with Gasteiger partial charge >= 0.3 is 0 Å². The van der Waals surface area contributed by atoms with Gasteiger partial charge in [0.25, 0.3) is 0 Å². The minimum atomic E-state index is 0.0391. The number of hydrogen-bond acceptors (Lipinski definition) is 3. The van der Waals surface area contributed by atoms with Crippen molar-refractivity contribution in [2.45, 2.75) is 26.2 Å². The molecule has 0 unspecified atom stereocenters. The molecular formula is C14H22BrNO2. The maximum absolute atomic E-state index is 5.38. The molecule has 1 aromatic carbocycles. The summed E-state index contributed by atoms with van der Waals surface area (Å²) in [5, 5.41) is 3.32. The largest absolute Gasteiger partial charge is 0.493 e. The van der Waals surface area contributed by atoms with Crippen LogP contribution in [0.2, 0.25) is 0 Å². The maximum atomic E-state index is 5.38.